The van der Waals surface area contributed by atoms with Crippen LogP contribution in [0.25, 0.3) is 0 Å². The van der Waals surface area contributed by atoms with Crippen LogP contribution in [-0.4, -0.2) is 46.0 Å². The van der Waals surface area contributed by atoms with E-state index >= 15 is 0 Å². The van der Waals surface area contributed by atoms with Crippen molar-refractivity contribution in [3.05, 3.63) is 11.9 Å². The molecule has 0 atom stereocenters. The average molecular weight is 245 g/mol. The van der Waals surface area contributed by atoms with Crippen LogP contribution in [0.15, 0.2) is 6.20 Å². The molecule has 0 spiro atoms. The minimum Gasteiger partial charge on any atom is -0.381 e. The smallest absolute Gasteiger partial charge is 0.273 e. The molecule has 0 aliphatic carbocycles. The maximum absolute atomic E-state index is 11.8. The predicted octanol–water partition coefficient (Wildman–Crippen LogP) is 0.322. The molecule has 1 aliphatic heterocycles. The van der Waals surface area contributed by atoms with Gasteiger partial charge in [0, 0.05) is 19.1 Å². The molecule has 1 saturated heterocycles. The van der Waals surface area contributed by atoms with Crippen molar-refractivity contribution in [3.63, 3.8) is 0 Å². The number of ether oxygens (including phenoxy) is 1. The maximum Gasteiger partial charge on any atom is 0.273 e. The second-order valence-corrected chi connectivity index (χ2v) is 4.10. The number of hydrogen-bond acceptors (Lipinski definition) is 4. The summed E-state index contributed by atoms with van der Waals surface area (Å²) in [6, 6.07) is 0. The first-order valence-electron chi connectivity index (χ1n) is 5.08. The Morgan fingerprint density at radius 1 is 1.62 bits per heavy atom. The number of nitrogens with zero attached hydrogens (tertiary/aromatic N) is 2. The van der Waals surface area contributed by atoms with Gasteiger partial charge < -0.3 is 10.1 Å². The maximum atomic E-state index is 11.8. The van der Waals surface area contributed by atoms with Gasteiger partial charge in [-0.05, 0) is 12.8 Å². The second-order valence-electron chi connectivity index (χ2n) is 3.84. The van der Waals surface area contributed by atoms with Gasteiger partial charge in [0.05, 0.1) is 11.7 Å². The van der Waals surface area contributed by atoms with Crippen LogP contribution in [0.2, 0.25) is 0 Å². The molecule has 0 radical (unpaired) electrons. The zero-order chi connectivity index (χ0) is 11.4. The Morgan fingerprint density at radius 2 is 2.38 bits per heavy atom. The minimum atomic E-state index is -0.379. The molecule has 16 heavy (non-hydrogen) atoms. The molecule has 1 amide bonds. The van der Waals surface area contributed by atoms with Gasteiger partial charge in [-0.1, -0.05) is 0 Å². The third-order valence-corrected chi connectivity index (χ3v) is 3.24. The summed E-state index contributed by atoms with van der Waals surface area (Å²) < 4.78 is 5.25. The molecule has 0 saturated carbocycles. The van der Waals surface area contributed by atoms with E-state index in [1.807, 2.05) is 0 Å². The van der Waals surface area contributed by atoms with E-state index in [-0.39, 0.29) is 17.1 Å². The molecule has 0 aromatic carbocycles. The molecule has 1 aromatic rings. The van der Waals surface area contributed by atoms with Gasteiger partial charge in [-0.25, -0.2) is 0 Å². The molecule has 7 heteroatoms. The molecule has 2 rings (SSSR count). The van der Waals surface area contributed by atoms with Gasteiger partial charge in [-0.15, -0.1) is 11.6 Å². The highest BCUT2D eigenvalue weighted by Crippen LogP contribution is 2.22. The van der Waals surface area contributed by atoms with Gasteiger partial charge in [0.2, 0.25) is 0 Å². The van der Waals surface area contributed by atoms with E-state index in [0.717, 1.165) is 12.8 Å². The Bertz CT molecular complexity index is 348. The van der Waals surface area contributed by atoms with E-state index in [4.69, 9.17) is 16.3 Å². The van der Waals surface area contributed by atoms with Crippen LogP contribution in [0.4, 0.5) is 0 Å². The fourth-order valence-corrected chi connectivity index (χ4v) is 2.00. The molecular weight excluding hydrogens is 232 g/mol. The highest BCUT2D eigenvalue weighted by Gasteiger charge is 2.34. The van der Waals surface area contributed by atoms with E-state index in [1.165, 1.54) is 6.20 Å². The highest BCUT2D eigenvalue weighted by molar-refractivity contribution is 6.18. The SMILES string of the molecule is O=C(NC1(CCl)CCOCC1)c1cn[nH]n1. The Hall–Kier alpha value is -1.14. The Labute approximate surface area is 97.7 Å². The largest absolute Gasteiger partial charge is 0.381 e. The quantitative estimate of drug-likeness (QED) is 0.751. The Kier molecular flexibility index (Phi) is 3.40. The third kappa shape index (κ3) is 2.33. The first kappa shape index (κ1) is 11.3. The number of carbonyl (C=O) groups excluding carboxylic acids is 1. The second kappa shape index (κ2) is 4.80. The fourth-order valence-electron chi connectivity index (χ4n) is 1.67. The number of H-pyrrole nitrogens is 1. The van der Waals surface area contributed by atoms with Crippen LogP contribution >= 0.6 is 11.6 Å². The van der Waals surface area contributed by atoms with E-state index in [9.17, 15) is 4.79 Å². The van der Waals surface area contributed by atoms with Crippen molar-refractivity contribution in [2.24, 2.45) is 0 Å². The van der Waals surface area contributed by atoms with Crippen LogP contribution < -0.4 is 5.32 Å². The molecule has 88 valence electrons. The van der Waals surface area contributed by atoms with Crippen molar-refractivity contribution in [2.75, 3.05) is 19.1 Å². The monoisotopic (exact) mass is 244 g/mol. The lowest BCUT2D eigenvalue weighted by molar-refractivity contribution is 0.0432. The zero-order valence-electron chi connectivity index (χ0n) is 8.70. The van der Waals surface area contributed by atoms with Crippen LogP contribution in [0.5, 0.6) is 0 Å². The molecule has 2 heterocycles. The van der Waals surface area contributed by atoms with E-state index in [1.54, 1.807) is 0 Å². The molecule has 1 aliphatic rings. The van der Waals surface area contributed by atoms with Crippen molar-refractivity contribution >= 4 is 17.5 Å². The molecule has 2 N–H and O–H groups in total. The van der Waals surface area contributed by atoms with E-state index in [2.05, 4.69) is 20.7 Å². The summed E-state index contributed by atoms with van der Waals surface area (Å²) in [6.45, 7) is 1.23. The number of amides is 1. The summed E-state index contributed by atoms with van der Waals surface area (Å²) in [5, 5.41) is 12.6. The van der Waals surface area contributed by atoms with E-state index < -0.39 is 0 Å². The number of rotatable bonds is 3. The van der Waals surface area contributed by atoms with Gasteiger partial charge in [0.15, 0.2) is 5.69 Å². The number of nitrogens with one attached hydrogen (secondary N) is 2. The Morgan fingerprint density at radius 3 is 2.94 bits per heavy atom. The van der Waals surface area contributed by atoms with Crippen molar-refractivity contribution in [3.8, 4) is 0 Å². The standard InChI is InChI=1S/C9H13ClN4O2/c10-6-9(1-3-16-4-2-9)12-8(15)7-5-11-14-13-7/h5H,1-4,6H2,(H,12,15)(H,11,13,14). The van der Waals surface area contributed by atoms with Gasteiger partial charge in [0.25, 0.3) is 5.91 Å². The zero-order valence-corrected chi connectivity index (χ0v) is 9.46. The normalized spacial score (nSPS) is 19.3. The van der Waals surface area contributed by atoms with Crippen LogP contribution in [-0.2, 0) is 4.74 Å². The van der Waals surface area contributed by atoms with Crippen molar-refractivity contribution in [1.82, 2.24) is 20.7 Å². The summed E-state index contributed by atoms with van der Waals surface area (Å²) in [5.41, 5.74) is -0.105. The molecule has 0 bridgehead atoms. The summed E-state index contributed by atoms with van der Waals surface area (Å²) in [7, 11) is 0. The fraction of sp³-hybridized carbons (Fsp3) is 0.667. The first-order valence-corrected chi connectivity index (χ1v) is 5.61. The van der Waals surface area contributed by atoms with Gasteiger partial charge >= 0.3 is 0 Å². The summed E-state index contributed by atoms with van der Waals surface area (Å²) in [4.78, 5) is 11.8. The van der Waals surface area contributed by atoms with Gasteiger partial charge in [-0.2, -0.15) is 15.4 Å². The molecule has 0 unspecified atom stereocenters. The topological polar surface area (TPSA) is 79.9 Å². The van der Waals surface area contributed by atoms with E-state index in [0.29, 0.717) is 19.1 Å². The lowest BCUT2D eigenvalue weighted by atomic mass is 9.92. The number of aromatic amines is 1. The van der Waals surface area contributed by atoms with Crippen molar-refractivity contribution in [1.29, 1.82) is 0 Å². The molecule has 1 aromatic heterocycles. The molecular formula is C9H13ClN4O2. The highest BCUT2D eigenvalue weighted by atomic mass is 35.5. The number of alkyl halides is 1. The summed E-state index contributed by atoms with van der Waals surface area (Å²) >= 11 is 5.93. The summed E-state index contributed by atoms with van der Waals surface area (Å²) in [5.74, 6) is 0.122. The van der Waals surface area contributed by atoms with Crippen molar-refractivity contribution < 1.29 is 9.53 Å². The van der Waals surface area contributed by atoms with Gasteiger partial charge in [-0.3, -0.25) is 4.79 Å². The number of hydrogen-bond donors (Lipinski definition) is 2. The predicted molar refractivity (Wildman–Crippen MR) is 57.4 cm³/mol. The van der Waals surface area contributed by atoms with Crippen LogP contribution in [0, 0.1) is 0 Å². The van der Waals surface area contributed by atoms with Crippen molar-refractivity contribution in [2.45, 2.75) is 18.4 Å². The Balaban J connectivity index is 2.03. The average Bonchev–Trinajstić information content (AvgIpc) is 2.84. The van der Waals surface area contributed by atoms with Crippen LogP contribution in [0.1, 0.15) is 23.3 Å². The lowest BCUT2D eigenvalue weighted by Gasteiger charge is -2.35. The van der Waals surface area contributed by atoms with Crippen LogP contribution in [0.3, 0.4) is 0 Å². The lowest BCUT2D eigenvalue weighted by Crippen LogP contribution is -2.53. The first-order chi connectivity index (χ1) is 7.76. The third-order valence-electron chi connectivity index (χ3n) is 2.73. The minimum absolute atomic E-state index is 0.253. The van der Waals surface area contributed by atoms with Gasteiger partial charge in [0.1, 0.15) is 0 Å². The molecule has 6 nitrogen and oxygen atoms in total. The number of aromatic nitrogens is 3. The molecule has 1 fully saturated rings. The number of carbonyl (C=O) groups is 1. The summed E-state index contributed by atoms with van der Waals surface area (Å²) in [6.07, 6.45) is 2.83. The number of halogens is 1.